The molecule has 2 fully saturated rings. The first kappa shape index (κ1) is 25.3. The fourth-order valence-corrected chi connectivity index (χ4v) is 8.12. The van der Waals surface area contributed by atoms with E-state index in [1.807, 2.05) is 38.1 Å². The Labute approximate surface area is 225 Å². The fourth-order valence-electron chi connectivity index (χ4n) is 8.12. The second-order valence-corrected chi connectivity index (χ2v) is 12.8. The lowest BCUT2D eigenvalue weighted by molar-refractivity contribution is -0.169. The summed E-state index contributed by atoms with van der Waals surface area (Å²) in [5.41, 5.74) is 4.56. The number of benzene rings is 2. The van der Waals surface area contributed by atoms with Crippen LogP contribution < -0.4 is 0 Å². The molecule has 1 saturated carbocycles. The summed E-state index contributed by atoms with van der Waals surface area (Å²) in [6, 6.07) is 15.6. The fraction of sp³-hybridized carbons (Fsp3) is 0.545. The number of ether oxygens (including phenoxy) is 1. The van der Waals surface area contributed by atoms with E-state index in [0.717, 1.165) is 41.5 Å². The van der Waals surface area contributed by atoms with Gasteiger partial charge in [-0.05, 0) is 58.8 Å². The Bertz CT molecular complexity index is 1170. The maximum Gasteiger partial charge on any atom is 0.329 e. The molecule has 4 aliphatic carbocycles. The number of likely N-dealkylation sites (tertiary alicyclic amines) is 1. The van der Waals surface area contributed by atoms with Crippen molar-refractivity contribution >= 4 is 17.8 Å². The van der Waals surface area contributed by atoms with Gasteiger partial charge in [-0.3, -0.25) is 14.5 Å². The number of esters is 1. The number of imide groups is 1. The van der Waals surface area contributed by atoms with Crippen molar-refractivity contribution in [2.45, 2.75) is 77.9 Å². The third kappa shape index (κ3) is 3.68. The SMILES string of the molecule is CC(C)[C@H]1CC[C@@H](C)C[C@H]1OC(=O)[C@H](C(C)C)N1C(=O)[C@H]2C3c4ccccc4C(c4ccccc43)[C@@H]2C1=O. The van der Waals surface area contributed by atoms with Crippen molar-refractivity contribution in [2.24, 2.45) is 35.5 Å². The zero-order chi connectivity index (χ0) is 26.9. The van der Waals surface area contributed by atoms with Gasteiger partial charge in [0.1, 0.15) is 12.1 Å². The van der Waals surface area contributed by atoms with Crippen LogP contribution in [0.2, 0.25) is 0 Å². The third-order valence-electron chi connectivity index (χ3n) is 9.86. The molecule has 2 aromatic carbocycles. The first-order chi connectivity index (χ1) is 18.2. The Kier molecular flexibility index (Phi) is 6.24. The molecular weight excluding hydrogens is 474 g/mol. The molecule has 6 atom stereocenters. The summed E-state index contributed by atoms with van der Waals surface area (Å²) in [4.78, 5) is 43.6. The Hall–Kier alpha value is -2.95. The molecule has 38 heavy (non-hydrogen) atoms. The molecule has 5 heteroatoms. The number of hydrogen-bond donors (Lipinski definition) is 0. The van der Waals surface area contributed by atoms with E-state index in [1.165, 1.54) is 4.90 Å². The monoisotopic (exact) mass is 513 g/mol. The summed E-state index contributed by atoms with van der Waals surface area (Å²) in [5.74, 6) is -1.21. The van der Waals surface area contributed by atoms with Crippen LogP contribution in [0.3, 0.4) is 0 Å². The normalized spacial score (nSPS) is 32.3. The van der Waals surface area contributed by atoms with Gasteiger partial charge in [-0.25, -0.2) is 4.79 Å². The Morgan fingerprint density at radius 1 is 0.816 bits per heavy atom. The van der Waals surface area contributed by atoms with Crippen LogP contribution >= 0.6 is 0 Å². The van der Waals surface area contributed by atoms with Crippen LogP contribution in [0.25, 0.3) is 0 Å². The van der Waals surface area contributed by atoms with Gasteiger partial charge in [0.2, 0.25) is 11.8 Å². The molecule has 5 aliphatic rings. The molecule has 1 saturated heterocycles. The number of nitrogens with zero attached hydrogens (tertiary/aromatic N) is 1. The molecule has 0 aromatic heterocycles. The van der Waals surface area contributed by atoms with Gasteiger partial charge in [-0.15, -0.1) is 0 Å². The van der Waals surface area contributed by atoms with Gasteiger partial charge >= 0.3 is 5.97 Å². The highest BCUT2D eigenvalue weighted by atomic mass is 16.5. The molecule has 2 amide bonds. The van der Waals surface area contributed by atoms with E-state index >= 15 is 0 Å². The molecular formula is C33H39NO4. The number of carbonyl (C=O) groups is 3. The van der Waals surface area contributed by atoms with Crippen LogP contribution in [0.5, 0.6) is 0 Å². The predicted octanol–water partition coefficient (Wildman–Crippen LogP) is 5.91. The van der Waals surface area contributed by atoms with E-state index in [-0.39, 0.29) is 35.7 Å². The van der Waals surface area contributed by atoms with E-state index in [4.69, 9.17) is 4.74 Å². The molecule has 7 rings (SSSR count). The number of amides is 2. The summed E-state index contributed by atoms with van der Waals surface area (Å²) in [6.07, 6.45) is 2.84. The molecule has 0 unspecified atom stereocenters. The van der Waals surface area contributed by atoms with E-state index in [0.29, 0.717) is 17.8 Å². The van der Waals surface area contributed by atoms with E-state index < -0.39 is 23.8 Å². The first-order valence-corrected chi connectivity index (χ1v) is 14.5. The smallest absolute Gasteiger partial charge is 0.329 e. The van der Waals surface area contributed by atoms with Crippen LogP contribution in [0.4, 0.5) is 0 Å². The maximum atomic E-state index is 14.2. The van der Waals surface area contributed by atoms with Gasteiger partial charge in [0.25, 0.3) is 0 Å². The predicted molar refractivity (Wildman–Crippen MR) is 145 cm³/mol. The maximum absolute atomic E-state index is 14.2. The Morgan fingerprint density at radius 2 is 1.29 bits per heavy atom. The first-order valence-electron chi connectivity index (χ1n) is 14.5. The second kappa shape index (κ2) is 9.36. The minimum absolute atomic E-state index is 0.174. The average Bonchev–Trinajstić information content (AvgIpc) is 3.14. The topological polar surface area (TPSA) is 63.7 Å². The highest BCUT2D eigenvalue weighted by molar-refractivity contribution is 6.10. The van der Waals surface area contributed by atoms with Crippen molar-refractivity contribution < 1.29 is 19.1 Å². The largest absolute Gasteiger partial charge is 0.461 e. The van der Waals surface area contributed by atoms with E-state index in [2.05, 4.69) is 45.0 Å². The van der Waals surface area contributed by atoms with Crippen LogP contribution in [0.1, 0.15) is 88.0 Å². The van der Waals surface area contributed by atoms with Crippen LogP contribution in [0.15, 0.2) is 48.5 Å². The van der Waals surface area contributed by atoms with E-state index in [1.54, 1.807) is 0 Å². The zero-order valence-electron chi connectivity index (χ0n) is 23.1. The highest BCUT2D eigenvalue weighted by Gasteiger charge is 2.63. The van der Waals surface area contributed by atoms with Crippen LogP contribution in [-0.4, -0.2) is 34.8 Å². The van der Waals surface area contributed by atoms with Crippen molar-refractivity contribution in [1.82, 2.24) is 4.90 Å². The van der Waals surface area contributed by atoms with Crippen LogP contribution in [-0.2, 0) is 19.1 Å². The van der Waals surface area contributed by atoms with Crippen molar-refractivity contribution in [1.29, 1.82) is 0 Å². The van der Waals surface area contributed by atoms with Crippen molar-refractivity contribution in [2.75, 3.05) is 0 Å². The summed E-state index contributed by atoms with van der Waals surface area (Å²) in [7, 11) is 0. The lowest BCUT2D eigenvalue weighted by Gasteiger charge is -2.45. The molecule has 0 N–H and O–H groups in total. The van der Waals surface area contributed by atoms with Crippen molar-refractivity contribution in [3.05, 3.63) is 70.8 Å². The van der Waals surface area contributed by atoms with E-state index in [9.17, 15) is 14.4 Å². The molecule has 2 bridgehead atoms. The standard InChI is InChI=1S/C33H39NO4/c1-17(2)20-15-14-19(5)16-25(20)38-33(37)30(18(3)4)34-31(35)28-26-21-10-6-7-11-22(21)27(29(28)32(34)36)24-13-9-8-12-23(24)26/h6-13,17-20,25-30H,14-16H2,1-5H3/t19-,20-,25-,26?,27?,28+,29+,30+/m1/s1. The van der Waals surface area contributed by atoms with Crippen LogP contribution in [0, 0.1) is 35.5 Å². The Morgan fingerprint density at radius 3 is 1.71 bits per heavy atom. The molecule has 0 radical (unpaired) electrons. The lowest BCUT2D eigenvalue weighted by atomic mass is 9.55. The summed E-state index contributed by atoms with van der Waals surface area (Å²) < 4.78 is 6.23. The molecule has 5 nitrogen and oxygen atoms in total. The van der Waals surface area contributed by atoms with Gasteiger partial charge < -0.3 is 4.74 Å². The van der Waals surface area contributed by atoms with Crippen molar-refractivity contribution in [3.63, 3.8) is 0 Å². The molecule has 1 aliphatic heterocycles. The van der Waals surface area contributed by atoms with Gasteiger partial charge in [0, 0.05) is 11.8 Å². The molecule has 1 heterocycles. The number of rotatable bonds is 5. The number of carbonyl (C=O) groups excluding carboxylic acids is 3. The minimum atomic E-state index is -0.906. The van der Waals surface area contributed by atoms with Gasteiger partial charge in [-0.2, -0.15) is 0 Å². The highest BCUT2D eigenvalue weighted by Crippen LogP contribution is 2.61. The average molecular weight is 514 g/mol. The lowest BCUT2D eigenvalue weighted by Crippen LogP contribution is -2.51. The van der Waals surface area contributed by atoms with Gasteiger partial charge in [0.15, 0.2) is 0 Å². The number of hydrogen-bond acceptors (Lipinski definition) is 4. The van der Waals surface area contributed by atoms with Gasteiger partial charge in [0.05, 0.1) is 11.8 Å². The zero-order valence-corrected chi connectivity index (χ0v) is 23.1. The summed E-state index contributed by atoms with van der Waals surface area (Å²) in [6.45, 7) is 10.4. The quantitative estimate of drug-likeness (QED) is 0.368. The summed E-state index contributed by atoms with van der Waals surface area (Å²) in [5, 5.41) is 0. The molecule has 200 valence electrons. The molecule has 0 spiro atoms. The third-order valence-corrected chi connectivity index (χ3v) is 9.86. The second-order valence-electron chi connectivity index (χ2n) is 12.8. The van der Waals surface area contributed by atoms with Gasteiger partial charge in [-0.1, -0.05) is 89.6 Å². The Balaban J connectivity index is 1.36. The van der Waals surface area contributed by atoms with Crippen molar-refractivity contribution in [3.8, 4) is 0 Å². The summed E-state index contributed by atoms with van der Waals surface area (Å²) >= 11 is 0. The minimum Gasteiger partial charge on any atom is -0.461 e. The molecule has 2 aromatic rings.